The van der Waals surface area contributed by atoms with Gasteiger partial charge in [-0.25, -0.2) is 12.7 Å². The summed E-state index contributed by atoms with van der Waals surface area (Å²) in [4.78, 5) is 24.8. The van der Waals surface area contributed by atoms with Crippen LogP contribution in [0.25, 0.3) is 0 Å². The van der Waals surface area contributed by atoms with Crippen LogP contribution in [0.3, 0.4) is 0 Å². The van der Waals surface area contributed by atoms with Gasteiger partial charge in [-0.15, -0.1) is 0 Å². The van der Waals surface area contributed by atoms with Gasteiger partial charge in [0, 0.05) is 11.3 Å². The number of nitrogens with one attached hydrogen (secondary N) is 1. The van der Waals surface area contributed by atoms with Gasteiger partial charge in [-0.1, -0.05) is 30.7 Å². The first-order valence-electron chi connectivity index (χ1n) is 8.24. The van der Waals surface area contributed by atoms with Crippen molar-refractivity contribution in [3.63, 3.8) is 0 Å². The molecule has 2 aromatic carbocycles. The zero-order valence-electron chi connectivity index (χ0n) is 14.8. The van der Waals surface area contributed by atoms with E-state index in [1.165, 1.54) is 12.1 Å². The van der Waals surface area contributed by atoms with Gasteiger partial charge in [-0.2, -0.15) is 0 Å². The minimum atomic E-state index is -3.70. The molecule has 136 valence electrons. The molecule has 0 aliphatic carbocycles. The van der Waals surface area contributed by atoms with E-state index < -0.39 is 21.8 Å². The van der Waals surface area contributed by atoms with E-state index >= 15 is 0 Å². The van der Waals surface area contributed by atoms with Crippen molar-refractivity contribution in [2.24, 2.45) is 5.92 Å². The minimum Gasteiger partial charge on any atom is -0.322 e. The van der Waals surface area contributed by atoms with Crippen molar-refractivity contribution in [2.45, 2.75) is 20.8 Å². The van der Waals surface area contributed by atoms with Crippen molar-refractivity contribution in [1.82, 2.24) is 0 Å². The Balaban J connectivity index is 1.90. The lowest BCUT2D eigenvalue weighted by molar-refractivity contribution is -0.119. The van der Waals surface area contributed by atoms with E-state index in [1.807, 2.05) is 32.0 Å². The van der Waals surface area contributed by atoms with Gasteiger partial charge in [0.15, 0.2) is 0 Å². The Morgan fingerprint density at radius 1 is 1.15 bits per heavy atom. The predicted octanol–water partition coefficient (Wildman–Crippen LogP) is 2.87. The molecule has 7 heteroatoms. The summed E-state index contributed by atoms with van der Waals surface area (Å²) in [6.07, 6.45) is 0. The summed E-state index contributed by atoms with van der Waals surface area (Å²) in [7, 11) is -3.70. The van der Waals surface area contributed by atoms with Gasteiger partial charge in [-0.3, -0.25) is 9.59 Å². The highest BCUT2D eigenvalue weighted by Crippen LogP contribution is 2.29. The minimum absolute atomic E-state index is 0.188. The maximum atomic E-state index is 12.6. The van der Waals surface area contributed by atoms with Crippen molar-refractivity contribution >= 4 is 33.2 Å². The van der Waals surface area contributed by atoms with Gasteiger partial charge in [0.25, 0.3) is 5.91 Å². The highest BCUT2D eigenvalue weighted by Gasteiger charge is 2.42. The molecule has 3 rings (SSSR count). The number of amides is 2. The highest BCUT2D eigenvalue weighted by molar-refractivity contribution is 7.94. The summed E-state index contributed by atoms with van der Waals surface area (Å²) < 4.78 is 25.3. The third kappa shape index (κ3) is 3.35. The summed E-state index contributed by atoms with van der Waals surface area (Å²) in [5.41, 5.74) is 3.18. The van der Waals surface area contributed by atoms with E-state index in [4.69, 9.17) is 0 Å². The van der Waals surface area contributed by atoms with Crippen molar-refractivity contribution in [3.8, 4) is 0 Å². The number of hydrogen-bond donors (Lipinski definition) is 1. The van der Waals surface area contributed by atoms with Gasteiger partial charge < -0.3 is 5.32 Å². The van der Waals surface area contributed by atoms with E-state index in [2.05, 4.69) is 5.32 Å². The molecule has 0 saturated carbocycles. The van der Waals surface area contributed by atoms with Crippen LogP contribution >= 0.6 is 0 Å². The monoisotopic (exact) mass is 372 g/mol. The molecule has 1 N–H and O–H groups in total. The maximum Gasteiger partial charge on any atom is 0.255 e. The van der Waals surface area contributed by atoms with Crippen LogP contribution in [0, 0.1) is 19.8 Å². The summed E-state index contributed by atoms with van der Waals surface area (Å²) in [5.74, 6) is -1.65. The average Bonchev–Trinajstić information content (AvgIpc) is 2.77. The third-order valence-electron chi connectivity index (χ3n) is 4.33. The summed E-state index contributed by atoms with van der Waals surface area (Å²) in [5, 5.41) is 2.82. The average molecular weight is 372 g/mol. The Morgan fingerprint density at radius 3 is 2.50 bits per heavy atom. The summed E-state index contributed by atoms with van der Waals surface area (Å²) in [6, 6.07) is 11.8. The lowest BCUT2D eigenvalue weighted by Gasteiger charge is -2.16. The fourth-order valence-corrected chi connectivity index (χ4v) is 4.82. The molecular weight excluding hydrogens is 352 g/mol. The van der Waals surface area contributed by atoms with E-state index in [9.17, 15) is 18.0 Å². The maximum absolute atomic E-state index is 12.6. The molecule has 1 unspecified atom stereocenters. The molecule has 1 fully saturated rings. The molecule has 2 aromatic rings. The molecule has 1 aliphatic rings. The number of hydrogen-bond acceptors (Lipinski definition) is 4. The molecule has 0 bridgehead atoms. The molecule has 26 heavy (non-hydrogen) atoms. The quantitative estimate of drug-likeness (QED) is 0.898. The van der Waals surface area contributed by atoms with Gasteiger partial charge in [0.1, 0.15) is 0 Å². The van der Waals surface area contributed by atoms with E-state index in [0.29, 0.717) is 5.69 Å². The van der Waals surface area contributed by atoms with Crippen LogP contribution in [-0.4, -0.2) is 26.0 Å². The number of carbonyl (C=O) groups is 2. The number of rotatable bonds is 3. The zero-order valence-corrected chi connectivity index (χ0v) is 15.6. The van der Waals surface area contributed by atoms with Gasteiger partial charge >= 0.3 is 0 Å². The molecular formula is C19H20N2O4S. The van der Waals surface area contributed by atoms with Crippen LogP contribution in [-0.2, 0) is 14.8 Å². The topological polar surface area (TPSA) is 83.6 Å². The van der Waals surface area contributed by atoms with E-state index in [0.717, 1.165) is 15.4 Å². The number of carbonyl (C=O) groups excluding carboxylic acids is 2. The van der Waals surface area contributed by atoms with Crippen LogP contribution in [0.5, 0.6) is 0 Å². The number of aryl methyl sites for hydroxylation is 2. The van der Waals surface area contributed by atoms with Crippen LogP contribution in [0.1, 0.15) is 28.4 Å². The number of sulfonamides is 1. The van der Waals surface area contributed by atoms with E-state index in [1.54, 1.807) is 19.1 Å². The standard InChI is InChI=1S/C19H20N2O4S/c1-12-7-8-17(13(2)9-12)20-18(22)15-5-4-6-16(10-15)21-19(23)14(3)11-26(21,24)25/h4-10,14H,11H2,1-3H3,(H,20,22). The molecule has 0 radical (unpaired) electrons. The predicted molar refractivity (Wildman–Crippen MR) is 101 cm³/mol. The summed E-state index contributed by atoms with van der Waals surface area (Å²) >= 11 is 0. The van der Waals surface area contributed by atoms with Gasteiger partial charge in [0.05, 0.1) is 17.4 Å². The Labute approximate surface area is 152 Å². The Hall–Kier alpha value is -2.67. The molecule has 0 spiro atoms. The van der Waals surface area contributed by atoms with Gasteiger partial charge in [-0.05, 0) is 43.7 Å². The second kappa shape index (κ2) is 6.57. The number of benzene rings is 2. The van der Waals surface area contributed by atoms with Gasteiger partial charge in [0.2, 0.25) is 15.9 Å². The lowest BCUT2D eigenvalue weighted by atomic mass is 10.1. The third-order valence-corrected chi connectivity index (χ3v) is 6.20. The fourth-order valence-electron chi connectivity index (χ4n) is 3.01. The molecule has 6 nitrogen and oxygen atoms in total. The Bertz CT molecular complexity index is 998. The first kappa shape index (κ1) is 18.1. The summed E-state index contributed by atoms with van der Waals surface area (Å²) in [6.45, 7) is 5.45. The molecule has 1 saturated heterocycles. The van der Waals surface area contributed by atoms with Crippen LogP contribution in [0.4, 0.5) is 11.4 Å². The highest BCUT2D eigenvalue weighted by atomic mass is 32.2. The molecule has 0 aromatic heterocycles. The SMILES string of the molecule is Cc1ccc(NC(=O)c2cccc(N3C(=O)C(C)CS3(=O)=O)c2)c(C)c1. The molecule has 1 atom stereocenters. The second-order valence-electron chi connectivity index (χ2n) is 6.61. The lowest BCUT2D eigenvalue weighted by Crippen LogP contribution is -2.30. The van der Waals surface area contributed by atoms with E-state index in [-0.39, 0.29) is 22.9 Å². The normalized spacial score (nSPS) is 18.8. The zero-order chi connectivity index (χ0) is 19.1. The second-order valence-corrected chi connectivity index (χ2v) is 8.47. The molecule has 1 aliphatic heterocycles. The van der Waals surface area contributed by atoms with Crippen molar-refractivity contribution in [2.75, 3.05) is 15.4 Å². The smallest absolute Gasteiger partial charge is 0.255 e. The first-order valence-corrected chi connectivity index (χ1v) is 9.85. The van der Waals surface area contributed by atoms with Crippen LogP contribution < -0.4 is 9.62 Å². The fraction of sp³-hybridized carbons (Fsp3) is 0.263. The van der Waals surface area contributed by atoms with Crippen molar-refractivity contribution < 1.29 is 18.0 Å². The molecule has 2 amide bonds. The number of nitrogens with zero attached hydrogens (tertiary/aromatic N) is 1. The number of anilines is 2. The van der Waals surface area contributed by atoms with Crippen molar-refractivity contribution in [3.05, 3.63) is 59.2 Å². The van der Waals surface area contributed by atoms with Crippen molar-refractivity contribution in [1.29, 1.82) is 0 Å². The Kier molecular flexibility index (Phi) is 4.58. The largest absolute Gasteiger partial charge is 0.322 e. The molecule has 1 heterocycles. The van der Waals surface area contributed by atoms with Crippen LogP contribution in [0.15, 0.2) is 42.5 Å². The van der Waals surface area contributed by atoms with Crippen LogP contribution in [0.2, 0.25) is 0 Å². The first-order chi connectivity index (χ1) is 12.2. The Morgan fingerprint density at radius 2 is 1.88 bits per heavy atom.